The maximum absolute atomic E-state index is 8.77. The number of hydrogen-bond donors (Lipinski definition) is 0. The molecule has 1 atom stereocenters. The number of nitrogens with zero attached hydrogens (tertiary/aromatic N) is 2. The molecule has 0 aliphatic rings. The third kappa shape index (κ3) is 1.62. The molecule has 1 rings (SSSR count). The Morgan fingerprint density at radius 2 is 2.42 bits per heavy atom. The highest BCUT2D eigenvalue weighted by molar-refractivity contribution is 5.36. The summed E-state index contributed by atoms with van der Waals surface area (Å²) in [6.45, 7) is 4.24. The Balaban J connectivity index is 3.07. The van der Waals surface area contributed by atoms with Crippen LogP contribution in [-0.2, 0) is 0 Å². The van der Waals surface area contributed by atoms with E-state index in [1.54, 1.807) is 12.4 Å². The molecular weight excluding hydrogens is 148 g/mol. The van der Waals surface area contributed by atoms with E-state index in [1.165, 1.54) is 0 Å². The number of aromatic nitrogens is 1. The second-order valence-electron chi connectivity index (χ2n) is 2.88. The third-order valence-electron chi connectivity index (χ3n) is 2.12. The van der Waals surface area contributed by atoms with Gasteiger partial charge in [0.2, 0.25) is 0 Å². The van der Waals surface area contributed by atoms with E-state index in [0.29, 0.717) is 11.5 Å². The molecule has 2 heteroatoms. The average molecular weight is 160 g/mol. The van der Waals surface area contributed by atoms with Gasteiger partial charge in [0.25, 0.3) is 0 Å². The van der Waals surface area contributed by atoms with Crippen molar-refractivity contribution in [1.29, 1.82) is 5.26 Å². The van der Waals surface area contributed by atoms with E-state index in [9.17, 15) is 0 Å². The quantitative estimate of drug-likeness (QED) is 0.666. The first kappa shape index (κ1) is 8.73. The Bertz CT molecular complexity index is 299. The summed E-state index contributed by atoms with van der Waals surface area (Å²) < 4.78 is 0. The monoisotopic (exact) mass is 160 g/mol. The molecule has 0 N–H and O–H groups in total. The predicted molar refractivity (Wildman–Crippen MR) is 47.7 cm³/mol. The number of rotatable bonds is 2. The van der Waals surface area contributed by atoms with Crippen LogP contribution in [0.1, 0.15) is 37.3 Å². The maximum Gasteiger partial charge on any atom is 0.101 e. The van der Waals surface area contributed by atoms with E-state index in [0.717, 1.165) is 12.0 Å². The van der Waals surface area contributed by atoms with Crippen molar-refractivity contribution in [3.8, 4) is 6.07 Å². The summed E-state index contributed by atoms with van der Waals surface area (Å²) in [6, 6.07) is 4.07. The average Bonchev–Trinajstić information content (AvgIpc) is 2.16. The lowest BCUT2D eigenvalue weighted by Gasteiger charge is -2.09. The van der Waals surface area contributed by atoms with Crippen molar-refractivity contribution in [2.24, 2.45) is 0 Å². The molecule has 0 bridgehead atoms. The van der Waals surface area contributed by atoms with Crippen LogP contribution < -0.4 is 0 Å². The molecule has 2 nitrogen and oxygen atoms in total. The van der Waals surface area contributed by atoms with Gasteiger partial charge in [-0.15, -0.1) is 0 Å². The standard InChI is InChI=1S/C10H12N2/c1-3-8(2)10-4-5-12-7-9(10)6-11/h4-5,7-8H,3H2,1-2H3. The zero-order chi connectivity index (χ0) is 8.97. The van der Waals surface area contributed by atoms with E-state index in [2.05, 4.69) is 24.9 Å². The second kappa shape index (κ2) is 3.87. The molecule has 0 amide bonds. The molecule has 1 aromatic rings. The maximum atomic E-state index is 8.77. The SMILES string of the molecule is CCC(C)c1ccncc1C#N. The van der Waals surface area contributed by atoms with Gasteiger partial charge in [0.15, 0.2) is 0 Å². The molecule has 0 saturated heterocycles. The van der Waals surface area contributed by atoms with Crippen LogP contribution in [-0.4, -0.2) is 4.98 Å². The molecular formula is C10H12N2. The molecule has 0 aliphatic heterocycles. The van der Waals surface area contributed by atoms with Gasteiger partial charge in [-0.05, 0) is 24.0 Å². The minimum atomic E-state index is 0.447. The molecule has 0 fully saturated rings. The molecule has 1 heterocycles. The highest BCUT2D eigenvalue weighted by Crippen LogP contribution is 2.20. The zero-order valence-electron chi connectivity index (χ0n) is 7.41. The first-order valence-corrected chi connectivity index (χ1v) is 4.13. The smallest absolute Gasteiger partial charge is 0.101 e. The van der Waals surface area contributed by atoms with Crippen LogP contribution in [0.2, 0.25) is 0 Å². The van der Waals surface area contributed by atoms with E-state index in [-0.39, 0.29) is 0 Å². The van der Waals surface area contributed by atoms with Crippen molar-refractivity contribution in [3.05, 3.63) is 29.6 Å². The summed E-state index contributed by atoms with van der Waals surface area (Å²) in [5, 5.41) is 8.77. The van der Waals surface area contributed by atoms with Gasteiger partial charge in [0.1, 0.15) is 6.07 Å². The largest absolute Gasteiger partial charge is 0.263 e. The highest BCUT2D eigenvalue weighted by Gasteiger charge is 2.07. The minimum absolute atomic E-state index is 0.447. The van der Waals surface area contributed by atoms with Gasteiger partial charge in [-0.25, -0.2) is 0 Å². The van der Waals surface area contributed by atoms with E-state index < -0.39 is 0 Å². The van der Waals surface area contributed by atoms with Crippen LogP contribution in [0.25, 0.3) is 0 Å². The number of hydrogen-bond acceptors (Lipinski definition) is 2. The van der Waals surface area contributed by atoms with Crippen LogP contribution in [0.5, 0.6) is 0 Å². The first-order chi connectivity index (χ1) is 5.79. The van der Waals surface area contributed by atoms with Crippen molar-refractivity contribution >= 4 is 0 Å². The summed E-state index contributed by atoms with van der Waals surface area (Å²) in [5.74, 6) is 0.447. The fourth-order valence-corrected chi connectivity index (χ4v) is 1.15. The van der Waals surface area contributed by atoms with Gasteiger partial charge >= 0.3 is 0 Å². The van der Waals surface area contributed by atoms with Crippen molar-refractivity contribution in [2.75, 3.05) is 0 Å². The summed E-state index contributed by atoms with van der Waals surface area (Å²) in [7, 11) is 0. The molecule has 0 radical (unpaired) electrons. The van der Waals surface area contributed by atoms with Crippen LogP contribution >= 0.6 is 0 Å². The fraction of sp³-hybridized carbons (Fsp3) is 0.400. The van der Waals surface area contributed by atoms with Gasteiger partial charge < -0.3 is 0 Å². The Hall–Kier alpha value is -1.36. The molecule has 0 aliphatic carbocycles. The van der Waals surface area contributed by atoms with Gasteiger partial charge in [0, 0.05) is 12.4 Å². The Kier molecular flexibility index (Phi) is 2.82. The Morgan fingerprint density at radius 3 is 3.00 bits per heavy atom. The fourth-order valence-electron chi connectivity index (χ4n) is 1.15. The van der Waals surface area contributed by atoms with Gasteiger partial charge in [-0.1, -0.05) is 13.8 Å². The van der Waals surface area contributed by atoms with E-state index in [4.69, 9.17) is 5.26 Å². The topological polar surface area (TPSA) is 36.7 Å². The van der Waals surface area contributed by atoms with Gasteiger partial charge in [-0.2, -0.15) is 5.26 Å². The van der Waals surface area contributed by atoms with Crippen molar-refractivity contribution < 1.29 is 0 Å². The molecule has 0 saturated carbocycles. The molecule has 12 heavy (non-hydrogen) atoms. The van der Waals surface area contributed by atoms with Crippen LogP contribution in [0.3, 0.4) is 0 Å². The summed E-state index contributed by atoms with van der Waals surface area (Å²) in [5.41, 5.74) is 1.81. The predicted octanol–water partition coefficient (Wildman–Crippen LogP) is 2.47. The molecule has 0 aromatic carbocycles. The van der Waals surface area contributed by atoms with Crippen molar-refractivity contribution in [2.45, 2.75) is 26.2 Å². The number of pyridine rings is 1. The van der Waals surface area contributed by atoms with Gasteiger partial charge in [0.05, 0.1) is 5.56 Å². The van der Waals surface area contributed by atoms with Gasteiger partial charge in [-0.3, -0.25) is 4.98 Å². The third-order valence-corrected chi connectivity index (χ3v) is 2.12. The number of nitriles is 1. The summed E-state index contributed by atoms with van der Waals surface area (Å²) >= 11 is 0. The van der Waals surface area contributed by atoms with Crippen LogP contribution in [0, 0.1) is 11.3 Å². The van der Waals surface area contributed by atoms with E-state index in [1.807, 2.05) is 6.07 Å². The van der Waals surface area contributed by atoms with Crippen LogP contribution in [0.4, 0.5) is 0 Å². The lowest BCUT2D eigenvalue weighted by atomic mass is 9.96. The zero-order valence-corrected chi connectivity index (χ0v) is 7.41. The molecule has 1 unspecified atom stereocenters. The second-order valence-corrected chi connectivity index (χ2v) is 2.88. The molecule has 0 spiro atoms. The molecule has 1 aromatic heterocycles. The molecule has 62 valence electrons. The van der Waals surface area contributed by atoms with Crippen molar-refractivity contribution in [1.82, 2.24) is 4.98 Å². The highest BCUT2D eigenvalue weighted by atomic mass is 14.6. The normalized spacial score (nSPS) is 12.1. The Labute approximate surface area is 72.9 Å². The Morgan fingerprint density at radius 1 is 1.67 bits per heavy atom. The van der Waals surface area contributed by atoms with E-state index >= 15 is 0 Å². The summed E-state index contributed by atoms with van der Waals surface area (Å²) in [6.07, 6.45) is 4.42. The van der Waals surface area contributed by atoms with Crippen LogP contribution in [0.15, 0.2) is 18.5 Å². The minimum Gasteiger partial charge on any atom is -0.263 e. The lowest BCUT2D eigenvalue weighted by molar-refractivity contribution is 0.730. The lowest BCUT2D eigenvalue weighted by Crippen LogP contribution is -1.95. The summed E-state index contributed by atoms with van der Waals surface area (Å²) in [4.78, 5) is 3.91. The first-order valence-electron chi connectivity index (χ1n) is 4.13. The van der Waals surface area contributed by atoms with Crippen molar-refractivity contribution in [3.63, 3.8) is 0 Å².